The zero-order valence-corrected chi connectivity index (χ0v) is 11.2. The Bertz CT molecular complexity index is 393. The molecule has 2 nitrogen and oxygen atoms in total. The minimum Gasteiger partial charge on any atom is -0.387 e. The topological polar surface area (TPSA) is 23.5 Å². The Hall–Kier alpha value is -1.07. The van der Waals surface area contributed by atoms with Crippen LogP contribution >= 0.6 is 0 Å². The van der Waals surface area contributed by atoms with Crippen LogP contribution in [0.15, 0.2) is 24.3 Å². The number of rotatable bonds is 6. The highest BCUT2D eigenvalue weighted by atomic mass is 19.4. The average molecular weight is 275 g/mol. The molecule has 0 aliphatic heterocycles. The fraction of sp³-hybridized carbons (Fsp3) is 0.571. The average Bonchev–Trinajstić information content (AvgIpc) is 2.37. The van der Waals surface area contributed by atoms with Gasteiger partial charge in [0.15, 0.2) is 0 Å². The number of likely N-dealkylation sites (N-methyl/N-ethyl adjacent to an activating group) is 1. The van der Waals surface area contributed by atoms with Gasteiger partial charge in [0.2, 0.25) is 0 Å². The number of aliphatic hydroxyl groups is 1. The van der Waals surface area contributed by atoms with Crippen molar-refractivity contribution in [3.8, 4) is 0 Å². The summed E-state index contributed by atoms with van der Waals surface area (Å²) in [5.41, 5.74) is -0.410. The van der Waals surface area contributed by atoms with Crippen LogP contribution < -0.4 is 0 Å². The predicted molar refractivity (Wildman–Crippen MR) is 68.8 cm³/mol. The molecule has 1 aromatic rings. The molecule has 0 radical (unpaired) electrons. The molecule has 0 aliphatic carbocycles. The van der Waals surface area contributed by atoms with Gasteiger partial charge < -0.3 is 10.0 Å². The molecule has 0 heterocycles. The molecule has 0 spiro atoms. The van der Waals surface area contributed by atoms with Crippen LogP contribution in [0.5, 0.6) is 0 Å². The Balaban J connectivity index is 2.79. The fourth-order valence-electron chi connectivity index (χ4n) is 1.97. The van der Waals surface area contributed by atoms with Gasteiger partial charge in [0.1, 0.15) is 0 Å². The molecule has 0 amide bonds. The van der Waals surface area contributed by atoms with Crippen molar-refractivity contribution in [2.24, 2.45) is 0 Å². The first-order valence-electron chi connectivity index (χ1n) is 6.46. The molecule has 5 heteroatoms. The summed E-state index contributed by atoms with van der Waals surface area (Å²) in [5.74, 6) is 0. The van der Waals surface area contributed by atoms with Crippen LogP contribution in [0.1, 0.15) is 37.5 Å². The van der Waals surface area contributed by atoms with E-state index in [2.05, 4.69) is 0 Å². The van der Waals surface area contributed by atoms with Gasteiger partial charge in [-0.3, -0.25) is 0 Å². The van der Waals surface area contributed by atoms with Crippen molar-refractivity contribution in [3.05, 3.63) is 35.4 Å². The summed E-state index contributed by atoms with van der Waals surface area (Å²) in [7, 11) is 0. The molecular weight excluding hydrogens is 255 g/mol. The van der Waals surface area contributed by atoms with Crippen molar-refractivity contribution >= 4 is 0 Å². The van der Waals surface area contributed by atoms with E-state index >= 15 is 0 Å². The highest BCUT2D eigenvalue weighted by Gasteiger charge is 2.30. The lowest BCUT2D eigenvalue weighted by atomic mass is 10.1. The first-order chi connectivity index (χ1) is 8.88. The molecule has 0 aliphatic rings. The van der Waals surface area contributed by atoms with Crippen LogP contribution in [-0.2, 0) is 6.18 Å². The van der Waals surface area contributed by atoms with Crippen molar-refractivity contribution in [3.63, 3.8) is 0 Å². The van der Waals surface area contributed by atoms with Crippen LogP contribution in [0.2, 0.25) is 0 Å². The van der Waals surface area contributed by atoms with Gasteiger partial charge >= 0.3 is 6.18 Å². The highest BCUT2D eigenvalue weighted by Crippen LogP contribution is 2.30. The van der Waals surface area contributed by atoms with Gasteiger partial charge in [-0.1, -0.05) is 26.0 Å². The Morgan fingerprint density at radius 2 is 1.95 bits per heavy atom. The summed E-state index contributed by atoms with van der Waals surface area (Å²) in [6, 6.07) is 4.89. The predicted octanol–water partition coefficient (Wildman–Crippen LogP) is 3.47. The summed E-state index contributed by atoms with van der Waals surface area (Å²) in [6.45, 7) is 5.94. The van der Waals surface area contributed by atoms with E-state index in [0.29, 0.717) is 12.1 Å². The van der Waals surface area contributed by atoms with E-state index in [-0.39, 0.29) is 0 Å². The van der Waals surface area contributed by atoms with Gasteiger partial charge in [0.25, 0.3) is 0 Å². The molecule has 0 saturated heterocycles. The molecule has 1 aromatic carbocycles. The Kier molecular flexibility index (Phi) is 5.82. The van der Waals surface area contributed by atoms with E-state index in [1.54, 1.807) is 0 Å². The van der Waals surface area contributed by atoms with Crippen LogP contribution in [0.4, 0.5) is 13.2 Å². The number of nitrogens with zero attached hydrogens (tertiary/aromatic N) is 1. The van der Waals surface area contributed by atoms with Gasteiger partial charge in [-0.2, -0.15) is 13.2 Å². The smallest absolute Gasteiger partial charge is 0.387 e. The second-order valence-corrected chi connectivity index (χ2v) is 4.53. The second-order valence-electron chi connectivity index (χ2n) is 4.53. The first kappa shape index (κ1) is 16.0. The zero-order valence-electron chi connectivity index (χ0n) is 11.2. The van der Waals surface area contributed by atoms with Gasteiger partial charge in [0, 0.05) is 6.54 Å². The van der Waals surface area contributed by atoms with E-state index in [1.807, 2.05) is 18.7 Å². The van der Waals surface area contributed by atoms with Crippen LogP contribution in [0.3, 0.4) is 0 Å². The molecular formula is C14H20F3NO. The second kappa shape index (κ2) is 6.91. The van der Waals surface area contributed by atoms with Crippen LogP contribution in [0.25, 0.3) is 0 Å². The monoisotopic (exact) mass is 275 g/mol. The van der Waals surface area contributed by atoms with E-state index in [4.69, 9.17) is 0 Å². The molecule has 0 aromatic heterocycles. The van der Waals surface area contributed by atoms with E-state index < -0.39 is 17.8 Å². The maximum Gasteiger partial charge on any atom is 0.416 e. The van der Waals surface area contributed by atoms with Gasteiger partial charge in [0.05, 0.1) is 11.7 Å². The molecule has 1 atom stereocenters. The molecule has 19 heavy (non-hydrogen) atoms. The normalized spacial score (nSPS) is 13.8. The molecule has 1 unspecified atom stereocenters. The fourth-order valence-corrected chi connectivity index (χ4v) is 1.97. The minimum atomic E-state index is -4.37. The maximum atomic E-state index is 12.6. The van der Waals surface area contributed by atoms with E-state index in [0.717, 1.165) is 31.6 Å². The van der Waals surface area contributed by atoms with Gasteiger partial charge in [-0.25, -0.2) is 0 Å². The number of hydrogen-bond acceptors (Lipinski definition) is 2. The number of aliphatic hydroxyl groups excluding tert-OH is 1. The highest BCUT2D eigenvalue weighted by molar-refractivity contribution is 5.27. The quantitative estimate of drug-likeness (QED) is 0.859. The minimum absolute atomic E-state index is 0.310. The molecule has 1 rings (SSSR count). The molecule has 0 bridgehead atoms. The van der Waals surface area contributed by atoms with Crippen molar-refractivity contribution in [2.75, 3.05) is 19.6 Å². The standard InChI is InChI=1S/C14H20F3NO/c1-3-8-18(4-2)10-13(19)11-6-5-7-12(9-11)14(15,16)17/h5-7,9,13,19H,3-4,8,10H2,1-2H3. The van der Waals surface area contributed by atoms with Crippen molar-refractivity contribution in [1.29, 1.82) is 0 Å². The lowest BCUT2D eigenvalue weighted by Crippen LogP contribution is -2.29. The lowest BCUT2D eigenvalue weighted by molar-refractivity contribution is -0.137. The Morgan fingerprint density at radius 1 is 1.26 bits per heavy atom. The third-order valence-electron chi connectivity index (χ3n) is 3.02. The molecule has 0 fully saturated rings. The number of benzene rings is 1. The number of alkyl halides is 3. The Morgan fingerprint density at radius 3 is 2.47 bits per heavy atom. The third kappa shape index (κ3) is 4.84. The molecule has 108 valence electrons. The summed E-state index contributed by atoms with van der Waals surface area (Å²) in [5, 5.41) is 10.0. The molecule has 0 saturated carbocycles. The van der Waals surface area contributed by atoms with Gasteiger partial charge in [-0.15, -0.1) is 0 Å². The van der Waals surface area contributed by atoms with Crippen molar-refractivity contribution in [2.45, 2.75) is 32.5 Å². The van der Waals surface area contributed by atoms with E-state index in [9.17, 15) is 18.3 Å². The summed E-state index contributed by atoms with van der Waals surface area (Å²) < 4.78 is 37.8. The van der Waals surface area contributed by atoms with Crippen molar-refractivity contribution in [1.82, 2.24) is 4.90 Å². The zero-order chi connectivity index (χ0) is 14.5. The summed E-state index contributed by atoms with van der Waals surface area (Å²) in [4.78, 5) is 2.02. The SMILES string of the molecule is CCCN(CC)CC(O)c1cccc(C(F)(F)F)c1. The largest absolute Gasteiger partial charge is 0.416 e. The van der Waals surface area contributed by atoms with E-state index in [1.165, 1.54) is 12.1 Å². The lowest BCUT2D eigenvalue weighted by Gasteiger charge is -2.23. The first-order valence-corrected chi connectivity index (χ1v) is 6.46. The third-order valence-corrected chi connectivity index (χ3v) is 3.02. The van der Waals surface area contributed by atoms with Crippen LogP contribution in [0, 0.1) is 0 Å². The van der Waals surface area contributed by atoms with Gasteiger partial charge in [-0.05, 0) is 37.2 Å². The summed E-state index contributed by atoms with van der Waals surface area (Å²) in [6.07, 6.45) is -4.32. The van der Waals surface area contributed by atoms with Crippen molar-refractivity contribution < 1.29 is 18.3 Å². The molecule has 1 N–H and O–H groups in total. The Labute approximate surface area is 111 Å². The number of hydrogen-bond donors (Lipinski definition) is 1. The summed E-state index contributed by atoms with van der Waals surface area (Å²) >= 11 is 0. The maximum absolute atomic E-state index is 12.6. The van der Waals surface area contributed by atoms with Crippen LogP contribution in [-0.4, -0.2) is 29.6 Å². The number of halogens is 3.